The van der Waals surface area contributed by atoms with Crippen molar-refractivity contribution in [1.29, 1.82) is 0 Å². The molecule has 2 N–H and O–H groups in total. The monoisotopic (exact) mass is 276 g/mol. The molecule has 20 heavy (non-hydrogen) atoms. The summed E-state index contributed by atoms with van der Waals surface area (Å²) in [5.41, 5.74) is 0. The summed E-state index contributed by atoms with van der Waals surface area (Å²) in [6, 6.07) is 0.536. The largest absolute Gasteiger partial charge is 0.348 e. The van der Waals surface area contributed by atoms with Crippen molar-refractivity contribution in [2.45, 2.75) is 56.9 Å². The van der Waals surface area contributed by atoms with E-state index in [1.165, 1.54) is 19.3 Å². The maximum absolute atomic E-state index is 12.3. The Balaban J connectivity index is 1.46. The molecule has 0 radical (unpaired) electrons. The van der Waals surface area contributed by atoms with Crippen molar-refractivity contribution in [1.82, 2.24) is 20.2 Å². The number of hydrogen-bond donors (Lipinski definition) is 2. The van der Waals surface area contributed by atoms with Crippen LogP contribution in [0, 0.1) is 0 Å². The fraction of sp³-hybridized carbons (Fsp3) is 0.733. The summed E-state index contributed by atoms with van der Waals surface area (Å²) in [6.45, 7) is 1.67. The number of likely N-dealkylation sites (tertiary alicyclic amines) is 1. The number of aromatic nitrogens is 2. The highest BCUT2D eigenvalue weighted by Crippen LogP contribution is 2.25. The third-order valence-corrected chi connectivity index (χ3v) is 4.62. The van der Waals surface area contributed by atoms with Crippen LogP contribution >= 0.6 is 0 Å². The first-order valence-electron chi connectivity index (χ1n) is 7.87. The van der Waals surface area contributed by atoms with Crippen molar-refractivity contribution in [3.63, 3.8) is 0 Å². The highest BCUT2D eigenvalue weighted by atomic mass is 16.2. The van der Waals surface area contributed by atoms with Gasteiger partial charge in [-0.3, -0.25) is 0 Å². The fourth-order valence-corrected chi connectivity index (χ4v) is 3.37. The maximum atomic E-state index is 12.3. The van der Waals surface area contributed by atoms with Crippen molar-refractivity contribution in [2.24, 2.45) is 0 Å². The highest BCUT2D eigenvalue weighted by molar-refractivity contribution is 5.74. The second-order valence-corrected chi connectivity index (χ2v) is 6.02. The molecule has 2 fully saturated rings. The summed E-state index contributed by atoms with van der Waals surface area (Å²) >= 11 is 0. The Morgan fingerprint density at radius 3 is 2.60 bits per heavy atom. The number of imidazole rings is 1. The lowest BCUT2D eigenvalue weighted by molar-refractivity contribution is 0.173. The third kappa shape index (κ3) is 3.14. The van der Waals surface area contributed by atoms with Gasteiger partial charge in [-0.1, -0.05) is 19.3 Å². The number of aromatic amines is 1. The van der Waals surface area contributed by atoms with E-state index in [9.17, 15) is 4.79 Å². The number of nitrogens with one attached hydrogen (secondary N) is 2. The second-order valence-electron chi connectivity index (χ2n) is 6.02. The van der Waals surface area contributed by atoms with Gasteiger partial charge in [0.2, 0.25) is 0 Å². The van der Waals surface area contributed by atoms with E-state index < -0.39 is 0 Å². The summed E-state index contributed by atoms with van der Waals surface area (Å²) in [4.78, 5) is 21.7. The summed E-state index contributed by atoms with van der Waals surface area (Å²) in [5.74, 6) is 1.54. The van der Waals surface area contributed by atoms with E-state index in [-0.39, 0.29) is 6.03 Å². The Kier molecular flexibility index (Phi) is 4.23. The number of amides is 2. The topological polar surface area (TPSA) is 61.0 Å². The summed E-state index contributed by atoms with van der Waals surface area (Å²) in [7, 11) is 0. The molecule has 2 amide bonds. The van der Waals surface area contributed by atoms with Crippen LogP contribution in [0.4, 0.5) is 4.79 Å². The first kappa shape index (κ1) is 13.5. The van der Waals surface area contributed by atoms with E-state index in [2.05, 4.69) is 15.3 Å². The lowest BCUT2D eigenvalue weighted by Gasteiger charge is -2.33. The zero-order chi connectivity index (χ0) is 13.8. The molecule has 1 aromatic rings. The van der Waals surface area contributed by atoms with E-state index in [1.54, 1.807) is 6.20 Å². The van der Waals surface area contributed by atoms with Crippen molar-refractivity contribution >= 4 is 6.03 Å². The normalized spacial score (nSPS) is 21.9. The van der Waals surface area contributed by atoms with Gasteiger partial charge in [-0.25, -0.2) is 9.78 Å². The van der Waals surface area contributed by atoms with E-state index in [4.69, 9.17) is 0 Å². The zero-order valence-electron chi connectivity index (χ0n) is 12.0. The second kappa shape index (κ2) is 6.29. The van der Waals surface area contributed by atoms with Crippen molar-refractivity contribution in [3.8, 4) is 0 Å². The summed E-state index contributed by atoms with van der Waals surface area (Å²) in [6.07, 6.45) is 11.8. The fourth-order valence-electron chi connectivity index (χ4n) is 3.37. The number of carbonyl (C=O) groups excluding carboxylic acids is 1. The lowest BCUT2D eigenvalue weighted by Crippen LogP contribution is -2.48. The molecular formula is C15H24N4O. The predicted molar refractivity (Wildman–Crippen MR) is 77.5 cm³/mol. The van der Waals surface area contributed by atoms with Crippen LogP contribution in [0.5, 0.6) is 0 Å². The molecule has 2 heterocycles. The van der Waals surface area contributed by atoms with Gasteiger partial charge in [0, 0.05) is 37.4 Å². The van der Waals surface area contributed by atoms with Crippen molar-refractivity contribution in [3.05, 3.63) is 18.2 Å². The van der Waals surface area contributed by atoms with Crippen LogP contribution in [0.1, 0.15) is 56.7 Å². The first-order valence-corrected chi connectivity index (χ1v) is 7.87. The number of urea groups is 1. The number of hydrogen-bond acceptors (Lipinski definition) is 2. The minimum absolute atomic E-state index is 0.134. The molecule has 1 aromatic heterocycles. The molecule has 3 rings (SSSR count). The molecule has 0 aromatic carbocycles. The van der Waals surface area contributed by atoms with Gasteiger partial charge in [-0.15, -0.1) is 0 Å². The Bertz CT molecular complexity index is 417. The molecule has 1 saturated carbocycles. The smallest absolute Gasteiger partial charge is 0.317 e. The molecule has 0 bridgehead atoms. The predicted octanol–water partition coefficient (Wildman–Crippen LogP) is 2.63. The molecule has 5 nitrogen and oxygen atoms in total. The van der Waals surface area contributed by atoms with E-state index in [0.717, 1.165) is 44.6 Å². The number of H-pyrrole nitrogens is 1. The zero-order valence-corrected chi connectivity index (χ0v) is 12.0. The van der Waals surface area contributed by atoms with E-state index in [0.29, 0.717) is 12.0 Å². The summed E-state index contributed by atoms with van der Waals surface area (Å²) in [5, 5.41) is 3.20. The molecular weight excluding hydrogens is 252 g/mol. The lowest BCUT2D eigenvalue weighted by atomic mass is 9.95. The Hall–Kier alpha value is -1.52. The van der Waals surface area contributed by atoms with E-state index in [1.807, 2.05) is 11.1 Å². The molecule has 0 spiro atoms. The SMILES string of the molecule is O=C(NC1CCCCC1)N1CCC(c2ncc[nH]2)CC1. The minimum Gasteiger partial charge on any atom is -0.348 e. The Labute approximate surface area is 120 Å². The van der Waals surface area contributed by atoms with Gasteiger partial charge in [0.25, 0.3) is 0 Å². The number of rotatable bonds is 2. The van der Waals surface area contributed by atoms with Crippen LogP contribution in [0.15, 0.2) is 12.4 Å². The van der Waals surface area contributed by atoms with Crippen molar-refractivity contribution < 1.29 is 4.79 Å². The highest BCUT2D eigenvalue weighted by Gasteiger charge is 2.26. The quantitative estimate of drug-likeness (QED) is 0.872. The number of carbonyl (C=O) groups is 1. The van der Waals surface area contributed by atoms with Gasteiger partial charge in [0.15, 0.2) is 0 Å². The molecule has 0 unspecified atom stereocenters. The van der Waals surface area contributed by atoms with Gasteiger partial charge in [0.1, 0.15) is 5.82 Å². The van der Waals surface area contributed by atoms with Gasteiger partial charge in [0.05, 0.1) is 0 Å². The van der Waals surface area contributed by atoms with Gasteiger partial charge < -0.3 is 15.2 Å². The van der Waals surface area contributed by atoms with Crippen LogP contribution in [0.2, 0.25) is 0 Å². The molecule has 1 aliphatic heterocycles. The molecule has 110 valence electrons. The molecule has 2 aliphatic rings. The number of nitrogens with zero attached hydrogens (tertiary/aromatic N) is 2. The van der Waals surface area contributed by atoms with Gasteiger partial charge >= 0.3 is 6.03 Å². The molecule has 0 atom stereocenters. The van der Waals surface area contributed by atoms with E-state index >= 15 is 0 Å². The molecule has 1 saturated heterocycles. The minimum atomic E-state index is 0.134. The third-order valence-electron chi connectivity index (χ3n) is 4.62. The molecule has 5 heteroatoms. The summed E-state index contributed by atoms with van der Waals surface area (Å²) < 4.78 is 0. The van der Waals surface area contributed by atoms with Crippen LogP contribution in [0.3, 0.4) is 0 Å². The Morgan fingerprint density at radius 1 is 1.20 bits per heavy atom. The maximum Gasteiger partial charge on any atom is 0.317 e. The van der Waals surface area contributed by atoms with Crippen LogP contribution in [0.25, 0.3) is 0 Å². The van der Waals surface area contributed by atoms with Gasteiger partial charge in [-0.2, -0.15) is 0 Å². The molecule has 1 aliphatic carbocycles. The van der Waals surface area contributed by atoms with Crippen LogP contribution in [-0.2, 0) is 0 Å². The number of piperidine rings is 1. The van der Waals surface area contributed by atoms with Crippen molar-refractivity contribution in [2.75, 3.05) is 13.1 Å². The average Bonchev–Trinajstić information content (AvgIpc) is 3.03. The average molecular weight is 276 g/mol. The standard InChI is InChI=1S/C15H24N4O/c20-15(18-13-4-2-1-3-5-13)19-10-6-12(7-11-19)14-16-8-9-17-14/h8-9,12-13H,1-7,10-11H2,(H,16,17)(H,18,20). The first-order chi connectivity index (χ1) is 9.83. The van der Waals surface area contributed by atoms with Gasteiger partial charge in [-0.05, 0) is 25.7 Å². The Morgan fingerprint density at radius 2 is 1.95 bits per heavy atom. The van der Waals surface area contributed by atoms with Crippen LogP contribution in [-0.4, -0.2) is 40.0 Å². The van der Waals surface area contributed by atoms with Crippen LogP contribution < -0.4 is 5.32 Å².